The molecule has 0 spiro atoms. The van der Waals surface area contributed by atoms with Crippen LogP contribution in [0.15, 0.2) is 24.3 Å². The average molecular weight is 237 g/mol. The fourth-order valence-electron chi connectivity index (χ4n) is 1.85. The summed E-state index contributed by atoms with van der Waals surface area (Å²) in [5.74, 6) is 3.09. The molecule has 90 valence electrons. The largest absolute Gasteiger partial charge is 0.330 e. The Balaban J connectivity index is 2.46. The number of thioether (sulfide) groups is 1. The molecule has 1 atom stereocenters. The molecule has 1 unspecified atom stereocenters. The Bertz CT molecular complexity index is 299. The maximum absolute atomic E-state index is 5.84. The first-order chi connectivity index (χ1) is 7.77. The van der Waals surface area contributed by atoms with Gasteiger partial charge in [-0.3, -0.25) is 0 Å². The van der Waals surface area contributed by atoms with Crippen molar-refractivity contribution in [2.75, 3.05) is 18.1 Å². The van der Waals surface area contributed by atoms with Gasteiger partial charge in [0.15, 0.2) is 0 Å². The summed E-state index contributed by atoms with van der Waals surface area (Å²) in [4.78, 5) is 0. The Labute approximate surface area is 104 Å². The lowest BCUT2D eigenvalue weighted by atomic mass is 9.94. The van der Waals surface area contributed by atoms with Gasteiger partial charge in [-0.05, 0) is 54.9 Å². The number of nitrogens with two attached hydrogens (primary N) is 1. The van der Waals surface area contributed by atoms with E-state index in [2.05, 4.69) is 38.1 Å². The number of aryl methyl sites for hydroxylation is 1. The number of rotatable bonds is 7. The van der Waals surface area contributed by atoms with E-state index in [1.54, 1.807) is 0 Å². The Hall–Kier alpha value is -0.470. The van der Waals surface area contributed by atoms with Gasteiger partial charge in [-0.25, -0.2) is 0 Å². The highest BCUT2D eigenvalue weighted by Gasteiger charge is 2.08. The van der Waals surface area contributed by atoms with Crippen molar-refractivity contribution in [1.82, 2.24) is 0 Å². The van der Waals surface area contributed by atoms with Crippen molar-refractivity contribution in [2.45, 2.75) is 26.7 Å². The van der Waals surface area contributed by atoms with E-state index >= 15 is 0 Å². The molecular weight excluding hydrogens is 214 g/mol. The van der Waals surface area contributed by atoms with Gasteiger partial charge in [0.05, 0.1) is 0 Å². The lowest BCUT2D eigenvalue weighted by Crippen LogP contribution is -2.18. The minimum absolute atomic E-state index is 0.639. The van der Waals surface area contributed by atoms with E-state index in [0.29, 0.717) is 5.92 Å². The predicted octanol–water partition coefficient (Wildman–Crippen LogP) is 3.26. The standard InChI is InChI=1S/C14H23NS/c1-3-16-9-8-13(11-15)10-14-7-5-4-6-12(14)2/h4-7,13H,3,8-11,15H2,1-2H3. The smallest absolute Gasteiger partial charge is 0.00454 e. The molecule has 0 saturated carbocycles. The van der Waals surface area contributed by atoms with Crippen molar-refractivity contribution in [3.63, 3.8) is 0 Å². The van der Waals surface area contributed by atoms with Gasteiger partial charge >= 0.3 is 0 Å². The Morgan fingerprint density at radius 3 is 2.69 bits per heavy atom. The molecule has 0 heterocycles. The summed E-state index contributed by atoms with van der Waals surface area (Å²) in [6.45, 7) is 5.20. The van der Waals surface area contributed by atoms with Gasteiger partial charge in [0.25, 0.3) is 0 Å². The molecule has 2 N–H and O–H groups in total. The monoisotopic (exact) mass is 237 g/mol. The van der Waals surface area contributed by atoms with Crippen molar-refractivity contribution in [3.8, 4) is 0 Å². The van der Waals surface area contributed by atoms with E-state index in [9.17, 15) is 0 Å². The first-order valence-corrected chi connectivity index (χ1v) is 7.25. The van der Waals surface area contributed by atoms with E-state index in [0.717, 1.165) is 13.0 Å². The van der Waals surface area contributed by atoms with Crippen LogP contribution >= 0.6 is 11.8 Å². The Kier molecular flexibility index (Phi) is 6.58. The maximum atomic E-state index is 5.84. The summed E-state index contributed by atoms with van der Waals surface area (Å²) in [6, 6.07) is 8.63. The van der Waals surface area contributed by atoms with Crippen molar-refractivity contribution in [2.24, 2.45) is 11.7 Å². The van der Waals surface area contributed by atoms with Crippen molar-refractivity contribution < 1.29 is 0 Å². The van der Waals surface area contributed by atoms with Crippen LogP contribution in [0.25, 0.3) is 0 Å². The predicted molar refractivity (Wildman–Crippen MR) is 75.0 cm³/mol. The minimum atomic E-state index is 0.639. The Morgan fingerprint density at radius 2 is 2.06 bits per heavy atom. The van der Waals surface area contributed by atoms with Gasteiger partial charge in [-0.2, -0.15) is 11.8 Å². The molecular formula is C14H23NS. The van der Waals surface area contributed by atoms with Crippen molar-refractivity contribution >= 4 is 11.8 Å². The van der Waals surface area contributed by atoms with E-state index in [1.165, 1.54) is 29.1 Å². The van der Waals surface area contributed by atoms with Crippen molar-refractivity contribution in [3.05, 3.63) is 35.4 Å². The number of hydrogen-bond donors (Lipinski definition) is 1. The number of benzene rings is 1. The van der Waals surface area contributed by atoms with E-state index in [4.69, 9.17) is 5.73 Å². The molecule has 1 aromatic rings. The van der Waals surface area contributed by atoms with Gasteiger partial charge in [0.1, 0.15) is 0 Å². The lowest BCUT2D eigenvalue weighted by molar-refractivity contribution is 0.522. The second kappa shape index (κ2) is 7.75. The summed E-state index contributed by atoms with van der Waals surface area (Å²) < 4.78 is 0. The zero-order valence-corrected chi connectivity index (χ0v) is 11.2. The Morgan fingerprint density at radius 1 is 1.31 bits per heavy atom. The van der Waals surface area contributed by atoms with Gasteiger partial charge in [0.2, 0.25) is 0 Å². The SMILES string of the molecule is CCSCCC(CN)Cc1ccccc1C. The highest BCUT2D eigenvalue weighted by molar-refractivity contribution is 7.99. The highest BCUT2D eigenvalue weighted by Crippen LogP contribution is 2.17. The average Bonchev–Trinajstić information content (AvgIpc) is 2.30. The molecule has 0 aliphatic heterocycles. The maximum Gasteiger partial charge on any atom is -0.00454 e. The van der Waals surface area contributed by atoms with E-state index < -0.39 is 0 Å². The third-order valence-corrected chi connectivity index (χ3v) is 3.91. The van der Waals surface area contributed by atoms with Gasteiger partial charge in [-0.15, -0.1) is 0 Å². The summed E-state index contributed by atoms with van der Waals surface area (Å²) in [7, 11) is 0. The molecule has 0 bridgehead atoms. The summed E-state index contributed by atoms with van der Waals surface area (Å²) in [5.41, 5.74) is 8.69. The van der Waals surface area contributed by atoms with Crippen LogP contribution in [0.5, 0.6) is 0 Å². The van der Waals surface area contributed by atoms with E-state index in [-0.39, 0.29) is 0 Å². The quantitative estimate of drug-likeness (QED) is 0.737. The van der Waals surface area contributed by atoms with Crippen LogP contribution in [0.2, 0.25) is 0 Å². The second-order valence-electron chi connectivity index (χ2n) is 4.22. The topological polar surface area (TPSA) is 26.0 Å². The van der Waals surface area contributed by atoms with Gasteiger partial charge in [0, 0.05) is 0 Å². The van der Waals surface area contributed by atoms with Crippen LogP contribution in [-0.4, -0.2) is 18.1 Å². The normalized spacial score (nSPS) is 12.7. The van der Waals surface area contributed by atoms with E-state index in [1.807, 2.05) is 11.8 Å². The molecule has 1 aromatic carbocycles. The molecule has 0 fully saturated rings. The molecule has 0 saturated heterocycles. The first kappa shape index (κ1) is 13.6. The minimum Gasteiger partial charge on any atom is -0.330 e. The van der Waals surface area contributed by atoms with Crippen LogP contribution in [-0.2, 0) is 6.42 Å². The van der Waals surface area contributed by atoms with Crippen LogP contribution in [0.1, 0.15) is 24.5 Å². The van der Waals surface area contributed by atoms with Crippen LogP contribution in [0.4, 0.5) is 0 Å². The zero-order chi connectivity index (χ0) is 11.8. The lowest BCUT2D eigenvalue weighted by Gasteiger charge is -2.15. The van der Waals surface area contributed by atoms with Crippen LogP contribution in [0, 0.1) is 12.8 Å². The molecule has 0 aliphatic carbocycles. The number of hydrogen-bond acceptors (Lipinski definition) is 2. The molecule has 0 aromatic heterocycles. The first-order valence-electron chi connectivity index (χ1n) is 6.10. The summed E-state index contributed by atoms with van der Waals surface area (Å²) in [6.07, 6.45) is 2.37. The molecule has 1 nitrogen and oxygen atoms in total. The summed E-state index contributed by atoms with van der Waals surface area (Å²) in [5, 5.41) is 0. The molecule has 0 aliphatic rings. The van der Waals surface area contributed by atoms with Crippen LogP contribution < -0.4 is 5.73 Å². The van der Waals surface area contributed by atoms with Crippen LogP contribution in [0.3, 0.4) is 0 Å². The summed E-state index contributed by atoms with van der Waals surface area (Å²) >= 11 is 2.01. The molecule has 16 heavy (non-hydrogen) atoms. The fourth-order valence-corrected chi connectivity index (χ4v) is 2.64. The molecule has 2 heteroatoms. The van der Waals surface area contributed by atoms with Crippen molar-refractivity contribution in [1.29, 1.82) is 0 Å². The molecule has 0 amide bonds. The van der Waals surface area contributed by atoms with Gasteiger partial charge < -0.3 is 5.73 Å². The molecule has 0 radical (unpaired) electrons. The third kappa shape index (κ3) is 4.58. The highest BCUT2D eigenvalue weighted by atomic mass is 32.2. The second-order valence-corrected chi connectivity index (χ2v) is 5.61. The molecule has 1 rings (SSSR count). The third-order valence-electron chi connectivity index (χ3n) is 2.98. The van der Waals surface area contributed by atoms with Gasteiger partial charge in [-0.1, -0.05) is 31.2 Å². The fraction of sp³-hybridized carbons (Fsp3) is 0.571. The zero-order valence-electron chi connectivity index (χ0n) is 10.4.